The van der Waals surface area contributed by atoms with Gasteiger partial charge < -0.3 is 15.8 Å². The van der Waals surface area contributed by atoms with Gasteiger partial charge in [-0.1, -0.05) is 6.07 Å². The quantitative estimate of drug-likeness (QED) is 0.761. The molecule has 1 unspecified atom stereocenters. The van der Waals surface area contributed by atoms with Gasteiger partial charge in [-0.05, 0) is 69.3 Å². The molecule has 2 heterocycles. The van der Waals surface area contributed by atoms with E-state index in [-0.39, 0.29) is 36.4 Å². The van der Waals surface area contributed by atoms with Crippen molar-refractivity contribution in [3.05, 3.63) is 36.5 Å². The highest BCUT2D eigenvalue weighted by atomic mass is 16.5. The number of hydrogen-bond donors (Lipinski definition) is 2. The molecule has 1 atom stereocenters. The highest BCUT2D eigenvalue weighted by molar-refractivity contribution is 5.80. The second-order valence-electron chi connectivity index (χ2n) is 8.50. The van der Waals surface area contributed by atoms with Gasteiger partial charge in [0, 0.05) is 24.2 Å². The number of rotatable bonds is 6. The number of nitrogens with zero attached hydrogens (tertiary/aromatic N) is 2. The monoisotopic (exact) mass is 410 g/mol. The Morgan fingerprint density at radius 2 is 2.00 bits per heavy atom. The molecule has 0 spiro atoms. The van der Waals surface area contributed by atoms with Gasteiger partial charge in [0.25, 0.3) is 0 Å². The number of fused-ring (bicyclic) bond motifs is 1. The summed E-state index contributed by atoms with van der Waals surface area (Å²) in [5.74, 6) is 0.589. The van der Waals surface area contributed by atoms with Crippen LogP contribution in [0, 0.1) is 5.92 Å². The molecule has 7 heteroatoms. The number of amides is 2. The van der Waals surface area contributed by atoms with Crippen molar-refractivity contribution in [1.29, 1.82) is 0 Å². The van der Waals surface area contributed by atoms with Gasteiger partial charge in [0.15, 0.2) is 0 Å². The van der Waals surface area contributed by atoms with Crippen molar-refractivity contribution in [3.8, 4) is 5.75 Å². The van der Waals surface area contributed by atoms with Crippen LogP contribution in [0.1, 0.15) is 38.5 Å². The van der Waals surface area contributed by atoms with Crippen LogP contribution in [0.2, 0.25) is 0 Å². The number of carbonyl (C=O) groups excluding carboxylic acids is 2. The van der Waals surface area contributed by atoms with E-state index in [9.17, 15) is 9.59 Å². The lowest BCUT2D eigenvalue weighted by Crippen LogP contribution is -2.48. The summed E-state index contributed by atoms with van der Waals surface area (Å²) in [5, 5.41) is 4.30. The second-order valence-corrected chi connectivity index (χ2v) is 8.50. The maximum absolute atomic E-state index is 12.7. The van der Waals surface area contributed by atoms with Gasteiger partial charge >= 0.3 is 0 Å². The predicted molar refractivity (Wildman–Crippen MR) is 115 cm³/mol. The van der Waals surface area contributed by atoms with Gasteiger partial charge in [0.1, 0.15) is 5.75 Å². The van der Waals surface area contributed by atoms with Gasteiger partial charge in [0.2, 0.25) is 11.8 Å². The Morgan fingerprint density at radius 1 is 1.17 bits per heavy atom. The first kappa shape index (κ1) is 20.6. The molecule has 0 bridgehead atoms. The third kappa shape index (κ3) is 5.27. The highest BCUT2D eigenvalue weighted by Gasteiger charge is 2.29. The third-order valence-corrected chi connectivity index (χ3v) is 6.15. The molecule has 1 aliphatic heterocycles. The number of likely N-dealkylation sites (tertiary alicyclic amines) is 1. The summed E-state index contributed by atoms with van der Waals surface area (Å²) in [7, 11) is 0. The van der Waals surface area contributed by atoms with E-state index in [1.807, 2.05) is 35.2 Å². The Balaban J connectivity index is 1.24. The fraction of sp³-hybridized carbons (Fsp3) is 0.522. The number of aromatic nitrogens is 1. The van der Waals surface area contributed by atoms with E-state index < -0.39 is 0 Å². The Bertz CT molecular complexity index is 895. The summed E-state index contributed by atoms with van der Waals surface area (Å²) in [5.41, 5.74) is 6.26. The summed E-state index contributed by atoms with van der Waals surface area (Å²) in [4.78, 5) is 30.2. The number of benzene rings is 1. The van der Waals surface area contributed by atoms with Crippen LogP contribution < -0.4 is 15.8 Å². The summed E-state index contributed by atoms with van der Waals surface area (Å²) in [6, 6.07) is 10.2. The third-order valence-electron chi connectivity index (χ3n) is 6.15. The fourth-order valence-corrected chi connectivity index (χ4v) is 4.60. The van der Waals surface area contributed by atoms with E-state index in [1.54, 1.807) is 6.20 Å². The van der Waals surface area contributed by atoms with E-state index in [4.69, 9.17) is 10.5 Å². The zero-order valence-corrected chi connectivity index (χ0v) is 17.3. The maximum atomic E-state index is 12.7. The van der Waals surface area contributed by atoms with Crippen LogP contribution in [0.25, 0.3) is 10.9 Å². The van der Waals surface area contributed by atoms with Crippen molar-refractivity contribution in [2.75, 3.05) is 19.6 Å². The van der Waals surface area contributed by atoms with Crippen molar-refractivity contribution in [2.24, 2.45) is 11.7 Å². The van der Waals surface area contributed by atoms with Crippen LogP contribution in [0.3, 0.4) is 0 Å². The normalized spacial score (nSPS) is 25.0. The average molecular weight is 411 g/mol. The van der Waals surface area contributed by atoms with Gasteiger partial charge in [-0.2, -0.15) is 0 Å². The number of hydrogen-bond acceptors (Lipinski definition) is 5. The Labute approximate surface area is 177 Å². The molecule has 3 N–H and O–H groups in total. The molecule has 1 saturated carbocycles. The summed E-state index contributed by atoms with van der Waals surface area (Å²) >= 11 is 0. The first-order chi connectivity index (χ1) is 14.6. The molecular weight excluding hydrogens is 380 g/mol. The number of nitrogens with two attached hydrogens (primary N) is 1. The number of pyridine rings is 1. The minimum Gasteiger partial charge on any atom is -0.490 e. The van der Waals surface area contributed by atoms with Crippen molar-refractivity contribution >= 4 is 22.7 Å². The number of ether oxygens (including phenoxy) is 1. The van der Waals surface area contributed by atoms with Gasteiger partial charge in [-0.15, -0.1) is 0 Å². The first-order valence-electron chi connectivity index (χ1n) is 10.9. The number of primary amides is 1. The molecule has 30 heavy (non-hydrogen) atoms. The molecule has 2 amide bonds. The lowest BCUT2D eigenvalue weighted by Gasteiger charge is -2.34. The zero-order chi connectivity index (χ0) is 20.9. The number of nitrogens with one attached hydrogen (secondary N) is 1. The summed E-state index contributed by atoms with van der Waals surface area (Å²) in [6.45, 7) is 1.68. The zero-order valence-electron chi connectivity index (χ0n) is 17.3. The number of piperidine rings is 1. The van der Waals surface area contributed by atoms with Crippen molar-refractivity contribution in [1.82, 2.24) is 15.2 Å². The summed E-state index contributed by atoms with van der Waals surface area (Å²) in [6.07, 6.45) is 7.45. The Morgan fingerprint density at radius 3 is 2.80 bits per heavy atom. The van der Waals surface area contributed by atoms with E-state index in [0.29, 0.717) is 6.54 Å². The molecule has 2 aromatic rings. The largest absolute Gasteiger partial charge is 0.490 e. The molecule has 7 nitrogen and oxygen atoms in total. The molecule has 0 radical (unpaired) electrons. The van der Waals surface area contributed by atoms with Crippen molar-refractivity contribution in [2.45, 2.75) is 50.7 Å². The molecule has 1 aromatic carbocycles. The van der Waals surface area contributed by atoms with Crippen LogP contribution in [-0.2, 0) is 9.59 Å². The maximum Gasteiger partial charge on any atom is 0.231 e. The van der Waals surface area contributed by atoms with Crippen LogP contribution in [-0.4, -0.2) is 53.5 Å². The Kier molecular flexibility index (Phi) is 6.47. The van der Waals surface area contributed by atoms with Crippen LogP contribution in [0.4, 0.5) is 0 Å². The van der Waals surface area contributed by atoms with Crippen molar-refractivity contribution in [3.63, 3.8) is 0 Å². The van der Waals surface area contributed by atoms with Crippen LogP contribution >= 0.6 is 0 Å². The van der Waals surface area contributed by atoms with Crippen molar-refractivity contribution < 1.29 is 14.3 Å². The molecule has 2 aliphatic rings. The van der Waals surface area contributed by atoms with Crippen LogP contribution in [0.5, 0.6) is 5.75 Å². The van der Waals surface area contributed by atoms with E-state index in [2.05, 4.69) is 10.3 Å². The molecule has 1 aliphatic carbocycles. The number of carbonyl (C=O) groups is 2. The molecule has 2 fully saturated rings. The average Bonchev–Trinajstić information content (AvgIpc) is 2.75. The molecule has 1 aromatic heterocycles. The molecule has 4 rings (SSSR count). The lowest BCUT2D eigenvalue weighted by atomic mass is 9.91. The highest BCUT2D eigenvalue weighted by Crippen LogP contribution is 2.26. The van der Waals surface area contributed by atoms with E-state index >= 15 is 0 Å². The SMILES string of the molecule is NC(=O)CN1CCCC(C(=O)NC2CCC(Oc3ccc4ncccc4c3)CC2)C1. The van der Waals surface area contributed by atoms with Crippen LogP contribution in [0.15, 0.2) is 36.5 Å². The fourth-order valence-electron chi connectivity index (χ4n) is 4.60. The second kappa shape index (κ2) is 9.43. The van der Waals surface area contributed by atoms with E-state index in [1.165, 1.54) is 0 Å². The predicted octanol–water partition coefficient (Wildman–Crippen LogP) is 2.24. The minimum atomic E-state index is -0.336. The Hall–Kier alpha value is -2.67. The van der Waals surface area contributed by atoms with Gasteiger partial charge in [0.05, 0.1) is 24.1 Å². The molecule has 160 valence electrons. The minimum absolute atomic E-state index is 0.0571. The molecular formula is C23H30N4O3. The molecule has 1 saturated heterocycles. The first-order valence-corrected chi connectivity index (χ1v) is 10.9. The topological polar surface area (TPSA) is 97.6 Å². The summed E-state index contributed by atoms with van der Waals surface area (Å²) < 4.78 is 6.19. The van der Waals surface area contributed by atoms with Gasteiger partial charge in [-0.3, -0.25) is 19.5 Å². The van der Waals surface area contributed by atoms with Gasteiger partial charge in [-0.25, -0.2) is 0 Å². The standard InChI is InChI=1S/C23H30N4O3/c24-22(28)15-27-12-2-4-17(14-27)23(29)26-18-5-7-19(8-6-18)30-20-9-10-21-16(13-20)3-1-11-25-21/h1,3,9-11,13,17-19H,2,4-8,12,14-15H2,(H2,24,28)(H,26,29). The van der Waals surface area contributed by atoms with E-state index in [0.717, 1.165) is 61.7 Å². The smallest absolute Gasteiger partial charge is 0.231 e. The lowest BCUT2D eigenvalue weighted by molar-refractivity contribution is -0.129.